The fraction of sp³-hybridized carbons (Fsp3) is 0.417. The van der Waals surface area contributed by atoms with E-state index < -0.39 is 0 Å². The summed E-state index contributed by atoms with van der Waals surface area (Å²) in [6, 6.07) is 3.69. The smallest absolute Gasteiger partial charge is 0.243 e. The van der Waals surface area contributed by atoms with Crippen molar-refractivity contribution in [1.82, 2.24) is 15.1 Å². The normalized spacial score (nSPS) is 16.1. The van der Waals surface area contributed by atoms with Gasteiger partial charge in [0, 0.05) is 23.4 Å². The highest BCUT2D eigenvalue weighted by Crippen LogP contribution is 2.39. The number of hydrogen-bond acceptors (Lipinski definition) is 5. The molecule has 2 aromatic heterocycles. The maximum atomic E-state index is 5.68. The number of nitrogens with zero attached hydrogens (tertiary/aromatic N) is 3. The first-order valence-electron chi connectivity index (χ1n) is 5.79. The van der Waals surface area contributed by atoms with Crippen molar-refractivity contribution in [3.8, 4) is 11.4 Å². The van der Waals surface area contributed by atoms with Gasteiger partial charge in [0.05, 0.1) is 6.04 Å². The summed E-state index contributed by atoms with van der Waals surface area (Å²) in [5.41, 5.74) is 7.75. The van der Waals surface area contributed by atoms with Crippen LogP contribution in [-0.4, -0.2) is 15.1 Å². The first-order chi connectivity index (χ1) is 8.24. The van der Waals surface area contributed by atoms with Crippen LogP contribution in [0.3, 0.4) is 0 Å². The van der Waals surface area contributed by atoms with Gasteiger partial charge < -0.3 is 10.3 Å². The van der Waals surface area contributed by atoms with Crippen molar-refractivity contribution in [2.45, 2.75) is 31.7 Å². The quantitative estimate of drug-likeness (QED) is 0.923. The first kappa shape index (κ1) is 13.0. The zero-order valence-corrected chi connectivity index (χ0v) is 10.9. The Labute approximate surface area is 111 Å². The van der Waals surface area contributed by atoms with Gasteiger partial charge in [-0.1, -0.05) is 5.16 Å². The molecule has 1 aliphatic carbocycles. The van der Waals surface area contributed by atoms with E-state index in [4.69, 9.17) is 10.3 Å². The molecule has 0 bridgehead atoms. The molecule has 1 aliphatic rings. The van der Waals surface area contributed by atoms with Crippen LogP contribution in [0.4, 0.5) is 0 Å². The summed E-state index contributed by atoms with van der Waals surface area (Å²) < 4.78 is 5.09. The SMILES string of the molecule is C[C@@H](N)c1nc(-c2ccnc(C3CC3)c2)no1.Cl. The number of pyridine rings is 1. The summed E-state index contributed by atoms with van der Waals surface area (Å²) in [7, 11) is 0. The summed E-state index contributed by atoms with van der Waals surface area (Å²) in [6.07, 6.45) is 4.26. The minimum atomic E-state index is -0.235. The molecule has 5 nitrogen and oxygen atoms in total. The van der Waals surface area contributed by atoms with E-state index in [1.54, 1.807) is 6.20 Å². The van der Waals surface area contributed by atoms with Gasteiger partial charge in [0.25, 0.3) is 0 Å². The van der Waals surface area contributed by atoms with Crippen molar-refractivity contribution < 1.29 is 4.52 Å². The van der Waals surface area contributed by atoms with Crippen LogP contribution in [0.15, 0.2) is 22.9 Å². The minimum Gasteiger partial charge on any atom is -0.337 e. The second-order valence-corrected chi connectivity index (χ2v) is 4.49. The first-order valence-corrected chi connectivity index (χ1v) is 5.79. The van der Waals surface area contributed by atoms with E-state index in [1.165, 1.54) is 12.8 Å². The lowest BCUT2D eigenvalue weighted by atomic mass is 10.2. The molecule has 2 aromatic rings. The molecule has 18 heavy (non-hydrogen) atoms. The third kappa shape index (κ3) is 2.52. The molecule has 1 saturated carbocycles. The van der Waals surface area contributed by atoms with Crippen LogP contribution in [-0.2, 0) is 0 Å². The number of rotatable bonds is 3. The topological polar surface area (TPSA) is 77.8 Å². The van der Waals surface area contributed by atoms with Gasteiger partial charge in [-0.05, 0) is 31.9 Å². The monoisotopic (exact) mass is 266 g/mol. The molecular formula is C12H15ClN4O. The van der Waals surface area contributed by atoms with Gasteiger partial charge in [-0.2, -0.15) is 4.98 Å². The van der Waals surface area contributed by atoms with Gasteiger partial charge in [-0.25, -0.2) is 0 Å². The third-order valence-electron chi connectivity index (χ3n) is 2.87. The minimum absolute atomic E-state index is 0. The van der Waals surface area contributed by atoms with Crippen LogP contribution in [0.25, 0.3) is 11.4 Å². The molecule has 0 aromatic carbocycles. The van der Waals surface area contributed by atoms with Crippen molar-refractivity contribution in [3.05, 3.63) is 29.9 Å². The molecular weight excluding hydrogens is 252 g/mol. The maximum Gasteiger partial charge on any atom is 0.243 e. The second kappa shape index (κ2) is 5.04. The van der Waals surface area contributed by atoms with Crippen molar-refractivity contribution in [2.24, 2.45) is 5.73 Å². The molecule has 1 fully saturated rings. The predicted molar refractivity (Wildman–Crippen MR) is 69.4 cm³/mol. The van der Waals surface area contributed by atoms with E-state index >= 15 is 0 Å². The van der Waals surface area contributed by atoms with Crippen molar-refractivity contribution >= 4 is 12.4 Å². The van der Waals surface area contributed by atoms with Crippen LogP contribution in [0.5, 0.6) is 0 Å². The van der Waals surface area contributed by atoms with Gasteiger partial charge in [-0.15, -0.1) is 12.4 Å². The predicted octanol–water partition coefficient (Wildman–Crippen LogP) is 2.45. The van der Waals surface area contributed by atoms with E-state index in [2.05, 4.69) is 15.1 Å². The van der Waals surface area contributed by atoms with Crippen molar-refractivity contribution in [1.29, 1.82) is 0 Å². The molecule has 0 aliphatic heterocycles. The Bertz CT molecular complexity index is 536. The highest BCUT2D eigenvalue weighted by Gasteiger charge is 2.25. The average Bonchev–Trinajstić information content (AvgIpc) is 3.06. The Morgan fingerprint density at radius 1 is 1.44 bits per heavy atom. The lowest BCUT2D eigenvalue weighted by molar-refractivity contribution is 0.362. The van der Waals surface area contributed by atoms with Gasteiger partial charge in [0.15, 0.2) is 0 Å². The molecule has 2 N–H and O–H groups in total. The summed E-state index contributed by atoms with van der Waals surface area (Å²) in [6.45, 7) is 1.82. The zero-order chi connectivity index (χ0) is 11.8. The van der Waals surface area contributed by atoms with Crippen molar-refractivity contribution in [3.63, 3.8) is 0 Å². The standard InChI is InChI=1S/C12H14N4O.ClH/c1-7(13)12-15-11(16-17-12)9-4-5-14-10(6-9)8-2-3-8;/h4-8H,2-3,13H2,1H3;1H/t7-;/m1./s1. The summed E-state index contributed by atoms with van der Waals surface area (Å²) in [4.78, 5) is 8.63. The molecule has 2 heterocycles. The highest BCUT2D eigenvalue weighted by atomic mass is 35.5. The van der Waals surface area contributed by atoms with Crippen LogP contribution < -0.4 is 5.73 Å². The second-order valence-electron chi connectivity index (χ2n) is 4.49. The third-order valence-corrected chi connectivity index (χ3v) is 2.87. The molecule has 96 valence electrons. The fourth-order valence-electron chi connectivity index (χ4n) is 1.73. The van der Waals surface area contributed by atoms with Gasteiger partial charge >= 0.3 is 0 Å². The number of hydrogen-bond donors (Lipinski definition) is 1. The number of nitrogens with two attached hydrogens (primary N) is 1. The molecule has 0 saturated heterocycles. The number of aromatic nitrogens is 3. The zero-order valence-electron chi connectivity index (χ0n) is 10.0. The van der Waals surface area contributed by atoms with Crippen LogP contribution in [0.1, 0.15) is 43.3 Å². The molecule has 0 amide bonds. The summed E-state index contributed by atoms with van der Waals surface area (Å²) in [5.74, 6) is 1.67. The molecule has 3 rings (SSSR count). The van der Waals surface area contributed by atoms with Crippen LogP contribution in [0, 0.1) is 0 Å². The Hall–Kier alpha value is -1.46. The average molecular weight is 267 g/mol. The Morgan fingerprint density at radius 3 is 2.83 bits per heavy atom. The molecule has 0 radical (unpaired) electrons. The van der Waals surface area contributed by atoms with E-state index in [0.717, 1.165) is 11.3 Å². The van der Waals surface area contributed by atoms with E-state index in [-0.39, 0.29) is 18.4 Å². The largest absolute Gasteiger partial charge is 0.337 e. The van der Waals surface area contributed by atoms with E-state index in [0.29, 0.717) is 17.6 Å². The Morgan fingerprint density at radius 2 is 2.22 bits per heavy atom. The highest BCUT2D eigenvalue weighted by molar-refractivity contribution is 5.85. The maximum absolute atomic E-state index is 5.68. The lowest BCUT2D eigenvalue weighted by Gasteiger charge is -1.98. The lowest BCUT2D eigenvalue weighted by Crippen LogP contribution is -2.04. The Balaban J connectivity index is 0.00000120. The summed E-state index contributed by atoms with van der Waals surface area (Å²) >= 11 is 0. The Kier molecular flexibility index (Phi) is 3.63. The molecule has 1 atom stereocenters. The van der Waals surface area contributed by atoms with Crippen molar-refractivity contribution in [2.75, 3.05) is 0 Å². The van der Waals surface area contributed by atoms with Gasteiger partial charge in [0.2, 0.25) is 11.7 Å². The molecule has 6 heteroatoms. The summed E-state index contributed by atoms with van der Waals surface area (Å²) in [5, 5.41) is 3.93. The van der Waals surface area contributed by atoms with Gasteiger partial charge in [0.1, 0.15) is 0 Å². The van der Waals surface area contributed by atoms with E-state index in [9.17, 15) is 0 Å². The fourth-order valence-corrected chi connectivity index (χ4v) is 1.73. The van der Waals surface area contributed by atoms with Crippen LogP contribution in [0.2, 0.25) is 0 Å². The number of halogens is 1. The molecule has 0 spiro atoms. The van der Waals surface area contributed by atoms with Gasteiger partial charge in [-0.3, -0.25) is 4.98 Å². The van der Waals surface area contributed by atoms with E-state index in [1.807, 2.05) is 19.1 Å². The van der Waals surface area contributed by atoms with Crippen LogP contribution >= 0.6 is 12.4 Å². The molecule has 0 unspecified atom stereocenters.